The van der Waals surface area contributed by atoms with Crippen LogP contribution in [0.25, 0.3) is 6.08 Å². The normalized spacial score (nSPS) is 27.0. The van der Waals surface area contributed by atoms with E-state index in [2.05, 4.69) is 54.0 Å². The van der Waals surface area contributed by atoms with Gasteiger partial charge in [-0.2, -0.15) is 0 Å². The van der Waals surface area contributed by atoms with E-state index in [4.69, 9.17) is 5.11 Å². The second kappa shape index (κ2) is 7.43. The average Bonchev–Trinajstić information content (AvgIpc) is 3.27. The maximum absolute atomic E-state index is 11.1. The number of nitrogens with zero attached hydrogens (tertiary/aromatic N) is 1. The lowest BCUT2D eigenvalue weighted by Gasteiger charge is -2.22. The Hall–Kier alpha value is -2.81. The van der Waals surface area contributed by atoms with Gasteiger partial charge in [0.05, 0.1) is 5.56 Å². The molecular weight excluding hydrogens is 334 g/mol. The van der Waals surface area contributed by atoms with Crippen LogP contribution in [0.2, 0.25) is 0 Å². The molecule has 1 saturated carbocycles. The fourth-order valence-corrected chi connectivity index (χ4v) is 4.74. The van der Waals surface area contributed by atoms with Crippen LogP contribution in [0.15, 0.2) is 73.3 Å². The number of aromatic carboxylic acids is 1. The van der Waals surface area contributed by atoms with Gasteiger partial charge in [-0.1, -0.05) is 48.6 Å². The summed E-state index contributed by atoms with van der Waals surface area (Å²) in [6.45, 7) is 6.11. The molecule has 4 rings (SSSR count). The Morgan fingerprint density at radius 3 is 2.30 bits per heavy atom. The first-order chi connectivity index (χ1) is 13.2. The molecule has 1 aliphatic heterocycles. The molecule has 1 aliphatic carbocycles. The molecule has 0 unspecified atom stereocenters. The zero-order valence-corrected chi connectivity index (χ0v) is 15.4. The van der Waals surface area contributed by atoms with Crippen molar-refractivity contribution in [3.63, 3.8) is 0 Å². The number of fused-ring (bicyclic) bond motifs is 1. The van der Waals surface area contributed by atoms with Gasteiger partial charge in [0.1, 0.15) is 0 Å². The Bertz CT molecular complexity index is 840. The zero-order chi connectivity index (χ0) is 18.8. The molecular formula is C24H25NO2. The lowest BCUT2D eigenvalue weighted by Crippen LogP contribution is -2.23. The van der Waals surface area contributed by atoms with Gasteiger partial charge < -0.3 is 10.0 Å². The number of carbonyl (C=O) groups is 1. The number of carboxylic acids is 1. The highest BCUT2D eigenvalue weighted by Gasteiger charge is 2.46. The number of benzene rings is 2. The van der Waals surface area contributed by atoms with Gasteiger partial charge in [0.15, 0.2) is 0 Å². The van der Waals surface area contributed by atoms with Crippen LogP contribution < -0.4 is 4.90 Å². The minimum Gasteiger partial charge on any atom is -0.478 e. The predicted octanol–water partition coefficient (Wildman–Crippen LogP) is 4.97. The first kappa shape index (κ1) is 17.6. The van der Waals surface area contributed by atoms with E-state index in [9.17, 15) is 4.79 Å². The molecule has 3 nitrogen and oxygen atoms in total. The molecule has 2 aromatic rings. The number of carboxylic acid groups (broad SMARTS) is 1. The molecule has 2 fully saturated rings. The zero-order valence-electron chi connectivity index (χ0n) is 15.4. The Kier molecular flexibility index (Phi) is 4.85. The van der Waals surface area contributed by atoms with Gasteiger partial charge in [0.25, 0.3) is 0 Å². The molecule has 1 N–H and O–H groups in total. The van der Waals surface area contributed by atoms with E-state index in [0.29, 0.717) is 29.2 Å². The van der Waals surface area contributed by atoms with Crippen LogP contribution in [0.5, 0.6) is 0 Å². The van der Waals surface area contributed by atoms with Crippen LogP contribution in [-0.4, -0.2) is 24.2 Å². The highest BCUT2D eigenvalue weighted by Crippen LogP contribution is 2.48. The number of anilines is 1. The summed E-state index contributed by atoms with van der Waals surface area (Å²) in [5.74, 6) is 1.46. The first-order valence-electron chi connectivity index (χ1n) is 9.60. The third-order valence-electron chi connectivity index (χ3n) is 6.17. The molecule has 1 heterocycles. The summed E-state index contributed by atoms with van der Waals surface area (Å²) in [6.07, 6.45) is 7.93. The van der Waals surface area contributed by atoms with Crippen LogP contribution in [0.1, 0.15) is 22.3 Å². The van der Waals surface area contributed by atoms with Crippen molar-refractivity contribution in [2.24, 2.45) is 23.7 Å². The molecule has 3 heteroatoms. The molecule has 27 heavy (non-hydrogen) atoms. The molecule has 1 saturated heterocycles. The fourth-order valence-electron chi connectivity index (χ4n) is 4.74. The predicted molar refractivity (Wildman–Crippen MR) is 110 cm³/mol. The van der Waals surface area contributed by atoms with Gasteiger partial charge in [-0.3, -0.25) is 0 Å². The van der Waals surface area contributed by atoms with Gasteiger partial charge in [-0.25, -0.2) is 4.79 Å². The van der Waals surface area contributed by atoms with Crippen LogP contribution in [0.3, 0.4) is 0 Å². The molecule has 138 valence electrons. The molecule has 4 atom stereocenters. The summed E-state index contributed by atoms with van der Waals surface area (Å²) in [5.41, 5.74) is 2.70. The van der Waals surface area contributed by atoms with Gasteiger partial charge in [-0.15, -0.1) is 6.58 Å². The topological polar surface area (TPSA) is 40.5 Å². The Labute approximate surface area is 160 Å². The molecule has 0 radical (unpaired) electrons. The van der Waals surface area contributed by atoms with Gasteiger partial charge in [0.2, 0.25) is 0 Å². The fraction of sp³-hybridized carbons (Fsp3) is 0.292. The summed E-state index contributed by atoms with van der Waals surface area (Å²) in [6, 6.07) is 17.7. The van der Waals surface area contributed by atoms with Gasteiger partial charge in [0, 0.05) is 18.8 Å². The van der Waals surface area contributed by atoms with Crippen molar-refractivity contribution in [3.05, 3.63) is 84.5 Å². The molecule has 2 aromatic carbocycles. The van der Waals surface area contributed by atoms with Crippen LogP contribution in [0, 0.1) is 23.7 Å². The standard InChI is InChI=1S/C24H25NO2/c1-2-18-14-20(9-8-17-6-4-3-5-7-17)23-16-25(15-22(18)23)21-12-10-19(11-13-21)24(26)27/h2-13,18,20,22-23H,1,14-16H2,(H,26,27)/b9-8+/t18-,20+,22-,23+/m0/s1. The third-order valence-corrected chi connectivity index (χ3v) is 6.17. The molecule has 2 aliphatic rings. The van der Waals surface area contributed by atoms with Crippen molar-refractivity contribution in [2.75, 3.05) is 18.0 Å². The van der Waals surface area contributed by atoms with Crippen LogP contribution >= 0.6 is 0 Å². The van der Waals surface area contributed by atoms with Crippen molar-refractivity contribution in [1.82, 2.24) is 0 Å². The summed E-state index contributed by atoms with van der Waals surface area (Å²) in [4.78, 5) is 13.5. The highest BCUT2D eigenvalue weighted by molar-refractivity contribution is 5.88. The summed E-state index contributed by atoms with van der Waals surface area (Å²) in [5, 5.41) is 9.09. The van der Waals surface area contributed by atoms with E-state index in [1.807, 2.05) is 18.2 Å². The van der Waals surface area contributed by atoms with E-state index < -0.39 is 5.97 Å². The van der Waals surface area contributed by atoms with Crippen molar-refractivity contribution in [3.8, 4) is 0 Å². The van der Waals surface area contributed by atoms with Crippen molar-refractivity contribution >= 4 is 17.7 Å². The maximum atomic E-state index is 11.1. The second-order valence-electron chi connectivity index (χ2n) is 7.65. The van der Waals surface area contributed by atoms with Crippen LogP contribution in [-0.2, 0) is 0 Å². The van der Waals surface area contributed by atoms with Crippen LogP contribution in [0.4, 0.5) is 5.69 Å². The van der Waals surface area contributed by atoms with E-state index in [-0.39, 0.29) is 0 Å². The highest BCUT2D eigenvalue weighted by atomic mass is 16.4. The van der Waals surface area contributed by atoms with Gasteiger partial charge >= 0.3 is 5.97 Å². The Morgan fingerprint density at radius 2 is 1.67 bits per heavy atom. The van der Waals surface area contributed by atoms with E-state index >= 15 is 0 Å². The van der Waals surface area contributed by atoms with E-state index in [1.54, 1.807) is 12.1 Å². The van der Waals surface area contributed by atoms with E-state index in [0.717, 1.165) is 18.8 Å². The van der Waals surface area contributed by atoms with Crippen molar-refractivity contribution < 1.29 is 9.90 Å². The smallest absolute Gasteiger partial charge is 0.335 e. The van der Waals surface area contributed by atoms with Crippen molar-refractivity contribution in [1.29, 1.82) is 0 Å². The SMILES string of the molecule is C=C[C@H]1C[C@@H](/C=C/c2ccccc2)[C@H]2CN(c3ccc(C(=O)O)cc3)C[C@H]21. The number of rotatable bonds is 5. The maximum Gasteiger partial charge on any atom is 0.335 e. The molecule has 0 aromatic heterocycles. The number of allylic oxidation sites excluding steroid dienone is 2. The summed E-state index contributed by atoms with van der Waals surface area (Å²) >= 11 is 0. The summed E-state index contributed by atoms with van der Waals surface area (Å²) < 4.78 is 0. The lowest BCUT2D eigenvalue weighted by atomic mass is 9.90. The van der Waals surface area contributed by atoms with E-state index in [1.165, 1.54) is 12.0 Å². The summed E-state index contributed by atoms with van der Waals surface area (Å²) in [7, 11) is 0. The molecule has 0 amide bonds. The quantitative estimate of drug-likeness (QED) is 0.766. The minimum absolute atomic E-state index is 0.339. The van der Waals surface area contributed by atoms with Gasteiger partial charge in [-0.05, 0) is 59.9 Å². The minimum atomic E-state index is -0.877. The lowest BCUT2D eigenvalue weighted by molar-refractivity contribution is 0.0697. The number of hydrogen-bond acceptors (Lipinski definition) is 2. The monoisotopic (exact) mass is 359 g/mol. The largest absolute Gasteiger partial charge is 0.478 e. The van der Waals surface area contributed by atoms with Crippen molar-refractivity contribution in [2.45, 2.75) is 6.42 Å². The first-order valence-corrected chi connectivity index (χ1v) is 9.60. The number of hydrogen-bond donors (Lipinski definition) is 1. The Morgan fingerprint density at radius 1 is 1.00 bits per heavy atom. The second-order valence-corrected chi connectivity index (χ2v) is 7.65. The third kappa shape index (κ3) is 3.55. The average molecular weight is 359 g/mol. The molecule has 0 bridgehead atoms. The molecule has 0 spiro atoms. The Balaban J connectivity index is 1.51.